The quantitative estimate of drug-likeness (QED) is 0.511. The number of rotatable bonds is 4. The van der Waals surface area contributed by atoms with Crippen molar-refractivity contribution < 1.29 is 13.0 Å². The number of benzene rings is 2. The molecule has 0 fully saturated rings. The van der Waals surface area contributed by atoms with E-state index in [9.17, 15) is 8.42 Å². The third-order valence-corrected chi connectivity index (χ3v) is 3.12. The van der Waals surface area contributed by atoms with Gasteiger partial charge in [-0.1, -0.05) is 18.2 Å². The van der Waals surface area contributed by atoms with Crippen LogP contribution >= 0.6 is 12.2 Å². The van der Waals surface area contributed by atoms with Gasteiger partial charge in [-0.3, -0.25) is 9.27 Å². The van der Waals surface area contributed by atoms with Gasteiger partial charge in [-0.05, 0) is 48.6 Å². The molecule has 4 N–H and O–H groups in total. The van der Waals surface area contributed by atoms with Crippen molar-refractivity contribution in [1.29, 1.82) is 0 Å². The third-order valence-electron chi connectivity index (χ3n) is 2.42. The van der Waals surface area contributed by atoms with Crippen LogP contribution in [0.2, 0.25) is 0 Å². The molecule has 2 aromatic rings. The summed E-state index contributed by atoms with van der Waals surface area (Å²) in [6.07, 6.45) is 0. The second-order valence-electron chi connectivity index (χ2n) is 4.10. The van der Waals surface area contributed by atoms with E-state index in [4.69, 9.17) is 16.8 Å². The number of nitrogens with one attached hydrogen (secondary N) is 3. The molecule has 2 rings (SSSR count). The molecule has 0 saturated heterocycles. The van der Waals surface area contributed by atoms with E-state index in [1.165, 1.54) is 12.1 Å². The van der Waals surface area contributed by atoms with Crippen molar-refractivity contribution in [2.45, 2.75) is 0 Å². The molecule has 0 saturated carbocycles. The predicted octanol–water partition coefficient (Wildman–Crippen LogP) is 2.71. The molecule has 2 aromatic carbocycles. The van der Waals surface area contributed by atoms with E-state index in [-0.39, 0.29) is 5.69 Å². The molecule has 0 radical (unpaired) electrons. The Morgan fingerprint density at radius 1 is 0.857 bits per heavy atom. The van der Waals surface area contributed by atoms with Gasteiger partial charge in [-0.2, -0.15) is 8.42 Å². The van der Waals surface area contributed by atoms with Gasteiger partial charge in [-0.15, -0.1) is 0 Å². The summed E-state index contributed by atoms with van der Waals surface area (Å²) in [6, 6.07) is 15.7. The highest BCUT2D eigenvalue weighted by atomic mass is 32.2. The first kappa shape index (κ1) is 15.2. The summed E-state index contributed by atoms with van der Waals surface area (Å²) in [5, 5.41) is 6.39. The van der Waals surface area contributed by atoms with Gasteiger partial charge in [0.15, 0.2) is 5.11 Å². The van der Waals surface area contributed by atoms with Crippen LogP contribution in [0, 0.1) is 0 Å². The fourth-order valence-corrected chi connectivity index (χ4v) is 2.26. The van der Waals surface area contributed by atoms with Crippen LogP contribution in [0.5, 0.6) is 0 Å². The lowest BCUT2D eigenvalue weighted by Crippen LogP contribution is -2.19. The second kappa shape index (κ2) is 6.53. The Labute approximate surface area is 128 Å². The minimum Gasteiger partial charge on any atom is -0.332 e. The van der Waals surface area contributed by atoms with Crippen LogP contribution in [0.1, 0.15) is 0 Å². The maximum atomic E-state index is 10.7. The van der Waals surface area contributed by atoms with E-state index < -0.39 is 10.3 Å². The summed E-state index contributed by atoms with van der Waals surface area (Å²) in [5.41, 5.74) is 1.80. The average molecular weight is 323 g/mol. The lowest BCUT2D eigenvalue weighted by molar-refractivity contribution is 0.489. The minimum atomic E-state index is -4.26. The predicted molar refractivity (Wildman–Crippen MR) is 87.9 cm³/mol. The third kappa shape index (κ3) is 5.38. The van der Waals surface area contributed by atoms with Gasteiger partial charge in [0.1, 0.15) is 0 Å². The molecule has 110 valence electrons. The van der Waals surface area contributed by atoms with Gasteiger partial charge in [0.05, 0.1) is 5.69 Å². The topological polar surface area (TPSA) is 90.5 Å². The monoisotopic (exact) mass is 323 g/mol. The van der Waals surface area contributed by atoms with Crippen LogP contribution in [0.3, 0.4) is 0 Å². The van der Waals surface area contributed by atoms with Crippen molar-refractivity contribution in [3.63, 3.8) is 0 Å². The fourth-order valence-electron chi connectivity index (χ4n) is 1.59. The minimum absolute atomic E-state index is 0.255. The molecular weight excluding hydrogens is 310 g/mol. The van der Waals surface area contributed by atoms with Crippen LogP contribution in [0.4, 0.5) is 17.1 Å². The highest BCUT2D eigenvalue weighted by molar-refractivity contribution is 7.87. The second-order valence-corrected chi connectivity index (χ2v) is 5.66. The molecule has 0 aliphatic heterocycles. The van der Waals surface area contributed by atoms with E-state index in [2.05, 4.69) is 10.6 Å². The molecular formula is C13H13N3O3S2. The van der Waals surface area contributed by atoms with Gasteiger partial charge in [-0.25, -0.2) is 0 Å². The Balaban J connectivity index is 1.95. The molecule has 0 unspecified atom stereocenters. The van der Waals surface area contributed by atoms with Crippen LogP contribution < -0.4 is 15.4 Å². The Morgan fingerprint density at radius 2 is 1.33 bits per heavy atom. The Bertz CT molecular complexity index is 716. The Kier molecular flexibility index (Phi) is 4.73. The highest BCUT2D eigenvalue weighted by Gasteiger charge is 2.04. The summed E-state index contributed by atoms with van der Waals surface area (Å²) in [6.45, 7) is 0. The number of anilines is 3. The fraction of sp³-hybridized carbons (Fsp3) is 0. The van der Waals surface area contributed by atoms with E-state index >= 15 is 0 Å². The van der Waals surface area contributed by atoms with Crippen molar-refractivity contribution in [1.82, 2.24) is 0 Å². The van der Waals surface area contributed by atoms with Gasteiger partial charge in [0.25, 0.3) is 0 Å². The molecule has 0 aliphatic carbocycles. The zero-order chi connectivity index (χ0) is 15.3. The first-order valence-corrected chi connectivity index (χ1v) is 7.75. The number of para-hydroxylation sites is 1. The number of hydrogen-bond acceptors (Lipinski definition) is 3. The molecule has 0 amide bonds. The maximum absolute atomic E-state index is 10.7. The molecule has 0 heterocycles. The zero-order valence-electron chi connectivity index (χ0n) is 10.8. The lowest BCUT2D eigenvalue weighted by Gasteiger charge is -2.11. The average Bonchev–Trinajstić information content (AvgIpc) is 2.40. The lowest BCUT2D eigenvalue weighted by atomic mass is 10.3. The van der Waals surface area contributed by atoms with Gasteiger partial charge in [0, 0.05) is 11.4 Å². The molecule has 21 heavy (non-hydrogen) atoms. The highest BCUT2D eigenvalue weighted by Crippen LogP contribution is 2.15. The van der Waals surface area contributed by atoms with Gasteiger partial charge < -0.3 is 10.6 Å². The smallest absolute Gasteiger partial charge is 0.332 e. The maximum Gasteiger partial charge on any atom is 0.357 e. The number of hydrogen-bond donors (Lipinski definition) is 4. The SMILES string of the molecule is O=S(=O)(O)Nc1ccc(NC(=S)Nc2ccccc2)cc1. The Morgan fingerprint density at radius 3 is 1.86 bits per heavy atom. The van der Waals surface area contributed by atoms with Crippen LogP contribution in [0.25, 0.3) is 0 Å². The van der Waals surface area contributed by atoms with E-state index in [1.807, 2.05) is 35.1 Å². The first-order chi connectivity index (χ1) is 9.92. The van der Waals surface area contributed by atoms with E-state index in [0.717, 1.165) is 5.69 Å². The Hall–Kier alpha value is -2.16. The van der Waals surface area contributed by atoms with Gasteiger partial charge >= 0.3 is 10.3 Å². The van der Waals surface area contributed by atoms with E-state index in [1.54, 1.807) is 12.1 Å². The van der Waals surface area contributed by atoms with Crippen molar-refractivity contribution in [3.8, 4) is 0 Å². The summed E-state index contributed by atoms with van der Waals surface area (Å²) in [7, 11) is -4.26. The van der Waals surface area contributed by atoms with E-state index in [0.29, 0.717) is 10.8 Å². The number of thiocarbonyl (C=S) groups is 1. The molecule has 0 bridgehead atoms. The molecule has 6 nitrogen and oxygen atoms in total. The molecule has 0 atom stereocenters. The van der Waals surface area contributed by atoms with Crippen molar-refractivity contribution >= 4 is 44.7 Å². The summed E-state index contributed by atoms with van der Waals surface area (Å²) >= 11 is 5.16. The van der Waals surface area contributed by atoms with Crippen molar-refractivity contribution in [2.24, 2.45) is 0 Å². The largest absolute Gasteiger partial charge is 0.357 e. The van der Waals surface area contributed by atoms with Crippen LogP contribution in [-0.4, -0.2) is 18.1 Å². The normalized spacial score (nSPS) is 10.7. The standard InChI is InChI=1S/C13H13N3O3S2/c17-21(18,19)16-12-8-6-11(7-9-12)15-13(20)14-10-4-2-1-3-5-10/h1-9,16H,(H2,14,15,20)(H,17,18,19). The zero-order valence-corrected chi connectivity index (χ0v) is 12.4. The summed E-state index contributed by atoms with van der Waals surface area (Å²) in [5.74, 6) is 0. The molecule has 8 heteroatoms. The first-order valence-electron chi connectivity index (χ1n) is 5.91. The van der Waals surface area contributed by atoms with Gasteiger partial charge in [0.2, 0.25) is 0 Å². The molecule has 0 aromatic heterocycles. The summed E-state index contributed by atoms with van der Waals surface area (Å²) in [4.78, 5) is 0. The molecule has 0 spiro atoms. The van der Waals surface area contributed by atoms with Crippen LogP contribution in [0.15, 0.2) is 54.6 Å². The van der Waals surface area contributed by atoms with Crippen molar-refractivity contribution in [2.75, 3.05) is 15.4 Å². The van der Waals surface area contributed by atoms with Crippen LogP contribution in [-0.2, 0) is 10.3 Å². The molecule has 0 aliphatic rings. The van der Waals surface area contributed by atoms with Crippen molar-refractivity contribution in [3.05, 3.63) is 54.6 Å². The summed E-state index contributed by atoms with van der Waals surface area (Å²) < 4.78 is 31.9.